The van der Waals surface area contributed by atoms with E-state index in [2.05, 4.69) is 4.72 Å². The van der Waals surface area contributed by atoms with Gasteiger partial charge in [-0.2, -0.15) is 4.31 Å². The molecule has 0 saturated carbocycles. The highest BCUT2D eigenvalue weighted by molar-refractivity contribution is 7.92. The molecule has 0 aliphatic carbocycles. The van der Waals surface area contributed by atoms with Crippen LogP contribution in [0.5, 0.6) is 0 Å². The molecule has 0 bridgehead atoms. The van der Waals surface area contributed by atoms with Crippen molar-refractivity contribution in [3.63, 3.8) is 0 Å². The summed E-state index contributed by atoms with van der Waals surface area (Å²) in [6.07, 6.45) is 0.558. The molecule has 1 N–H and O–H groups in total. The number of anilines is 1. The second kappa shape index (κ2) is 8.10. The van der Waals surface area contributed by atoms with Gasteiger partial charge >= 0.3 is 0 Å². The van der Waals surface area contributed by atoms with Gasteiger partial charge in [0.05, 0.1) is 5.75 Å². The SMILES string of the molecule is O=S(=O)(Cc1ccc(F)cc1)Nc1ccc2c(c1)CN(S(=O)(=O)c1cccs1)CC2. The summed E-state index contributed by atoms with van der Waals surface area (Å²) >= 11 is 1.17. The molecular weight excluding hydrogens is 447 g/mol. The molecule has 4 rings (SSSR count). The van der Waals surface area contributed by atoms with Crippen LogP contribution in [0.4, 0.5) is 10.1 Å². The van der Waals surface area contributed by atoms with Gasteiger partial charge in [-0.3, -0.25) is 4.72 Å². The largest absolute Gasteiger partial charge is 0.283 e. The van der Waals surface area contributed by atoms with Gasteiger partial charge in [0.2, 0.25) is 10.0 Å². The van der Waals surface area contributed by atoms with Crippen LogP contribution in [0.15, 0.2) is 64.2 Å². The second-order valence-corrected chi connectivity index (χ2v) is 11.8. The van der Waals surface area contributed by atoms with Gasteiger partial charge in [0.15, 0.2) is 0 Å². The molecule has 0 spiro atoms. The Balaban J connectivity index is 1.52. The first-order valence-corrected chi connectivity index (χ1v) is 13.1. The molecule has 158 valence electrons. The van der Waals surface area contributed by atoms with Crippen molar-refractivity contribution in [2.24, 2.45) is 0 Å². The van der Waals surface area contributed by atoms with Crippen molar-refractivity contribution < 1.29 is 21.2 Å². The molecule has 10 heteroatoms. The first-order valence-electron chi connectivity index (χ1n) is 9.13. The average molecular weight is 467 g/mol. The molecule has 2 heterocycles. The van der Waals surface area contributed by atoms with Crippen LogP contribution in [0.3, 0.4) is 0 Å². The Morgan fingerprint density at radius 2 is 1.77 bits per heavy atom. The van der Waals surface area contributed by atoms with Gasteiger partial charge in [-0.1, -0.05) is 24.3 Å². The third-order valence-electron chi connectivity index (χ3n) is 4.82. The molecule has 0 atom stereocenters. The van der Waals surface area contributed by atoms with Crippen molar-refractivity contribution in [3.8, 4) is 0 Å². The summed E-state index contributed by atoms with van der Waals surface area (Å²) in [6, 6.07) is 13.7. The van der Waals surface area contributed by atoms with Crippen LogP contribution in [0.2, 0.25) is 0 Å². The third-order valence-corrected chi connectivity index (χ3v) is 9.29. The molecule has 2 aromatic carbocycles. The van der Waals surface area contributed by atoms with Crippen molar-refractivity contribution in [3.05, 3.63) is 82.5 Å². The number of rotatable bonds is 6. The quantitative estimate of drug-likeness (QED) is 0.602. The number of benzene rings is 2. The predicted molar refractivity (Wildman–Crippen MR) is 115 cm³/mol. The van der Waals surface area contributed by atoms with Crippen LogP contribution in [0, 0.1) is 5.82 Å². The number of thiophene rings is 1. The van der Waals surface area contributed by atoms with Gasteiger partial charge in [0, 0.05) is 18.8 Å². The van der Waals surface area contributed by atoms with E-state index in [1.807, 2.05) is 6.07 Å². The van der Waals surface area contributed by atoms with Crippen LogP contribution in [0.25, 0.3) is 0 Å². The summed E-state index contributed by atoms with van der Waals surface area (Å²) in [5.41, 5.74) is 2.60. The maximum atomic E-state index is 13.0. The first-order chi connectivity index (χ1) is 14.2. The maximum Gasteiger partial charge on any atom is 0.252 e. The number of halogens is 1. The van der Waals surface area contributed by atoms with Gasteiger partial charge in [0.1, 0.15) is 10.0 Å². The number of hydrogen-bond acceptors (Lipinski definition) is 5. The average Bonchev–Trinajstić information content (AvgIpc) is 3.24. The van der Waals surface area contributed by atoms with Crippen LogP contribution in [0.1, 0.15) is 16.7 Å². The number of hydrogen-bond donors (Lipinski definition) is 1. The highest BCUT2D eigenvalue weighted by Gasteiger charge is 2.29. The Kier molecular flexibility index (Phi) is 5.67. The number of sulfonamides is 2. The van der Waals surface area contributed by atoms with E-state index in [1.165, 1.54) is 39.9 Å². The van der Waals surface area contributed by atoms with E-state index >= 15 is 0 Å². The number of fused-ring (bicyclic) bond motifs is 1. The molecule has 0 amide bonds. The summed E-state index contributed by atoms with van der Waals surface area (Å²) < 4.78 is 67.8. The smallest absolute Gasteiger partial charge is 0.252 e. The van der Waals surface area contributed by atoms with E-state index < -0.39 is 25.9 Å². The lowest BCUT2D eigenvalue weighted by atomic mass is 10.0. The van der Waals surface area contributed by atoms with Gasteiger partial charge in [0.25, 0.3) is 10.0 Å². The lowest BCUT2D eigenvalue weighted by Crippen LogP contribution is -2.35. The second-order valence-electron chi connectivity index (χ2n) is 6.99. The van der Waals surface area contributed by atoms with Crippen LogP contribution in [-0.4, -0.2) is 27.7 Å². The molecule has 1 aliphatic rings. The van der Waals surface area contributed by atoms with Crippen LogP contribution < -0.4 is 4.72 Å². The normalized spacial score (nSPS) is 15.0. The minimum Gasteiger partial charge on any atom is -0.283 e. The lowest BCUT2D eigenvalue weighted by Gasteiger charge is -2.28. The predicted octanol–water partition coefficient (Wildman–Crippen LogP) is 3.58. The zero-order valence-corrected chi connectivity index (χ0v) is 18.2. The van der Waals surface area contributed by atoms with Gasteiger partial charge in [-0.25, -0.2) is 21.2 Å². The fourth-order valence-electron chi connectivity index (χ4n) is 3.35. The molecular formula is C20H19FN2O4S3. The summed E-state index contributed by atoms with van der Waals surface area (Å²) in [5, 5.41) is 1.72. The highest BCUT2D eigenvalue weighted by atomic mass is 32.2. The Morgan fingerprint density at radius 1 is 1.00 bits per heavy atom. The molecule has 30 heavy (non-hydrogen) atoms. The molecule has 0 saturated heterocycles. The molecule has 3 aromatic rings. The van der Waals surface area contributed by atoms with E-state index in [-0.39, 0.29) is 12.3 Å². The van der Waals surface area contributed by atoms with Gasteiger partial charge in [-0.15, -0.1) is 11.3 Å². The minimum atomic E-state index is -3.71. The molecule has 1 aromatic heterocycles. The van der Waals surface area contributed by atoms with E-state index in [0.717, 1.165) is 11.1 Å². The van der Waals surface area contributed by atoms with Crippen LogP contribution in [-0.2, 0) is 38.8 Å². The van der Waals surface area contributed by atoms with E-state index in [1.54, 1.807) is 29.6 Å². The molecule has 6 nitrogen and oxygen atoms in total. The monoisotopic (exact) mass is 466 g/mol. The van der Waals surface area contributed by atoms with Gasteiger partial charge in [-0.05, 0) is 58.8 Å². The summed E-state index contributed by atoms with van der Waals surface area (Å²) in [7, 11) is -7.28. The van der Waals surface area contributed by atoms with E-state index in [9.17, 15) is 21.2 Å². The van der Waals surface area contributed by atoms with Crippen LogP contribution >= 0.6 is 11.3 Å². The van der Waals surface area contributed by atoms with Crippen molar-refractivity contribution in [2.75, 3.05) is 11.3 Å². The van der Waals surface area contributed by atoms with Crippen molar-refractivity contribution >= 4 is 37.1 Å². The number of nitrogens with one attached hydrogen (secondary N) is 1. The van der Waals surface area contributed by atoms with Crippen molar-refractivity contribution in [1.29, 1.82) is 0 Å². The summed E-state index contributed by atoms with van der Waals surface area (Å²) in [4.78, 5) is 0. The summed E-state index contributed by atoms with van der Waals surface area (Å²) in [6.45, 7) is 0.561. The third kappa shape index (κ3) is 4.56. The zero-order valence-electron chi connectivity index (χ0n) is 15.8. The minimum absolute atomic E-state index is 0.184. The summed E-state index contributed by atoms with van der Waals surface area (Å²) in [5.74, 6) is -0.718. The first kappa shape index (κ1) is 21.0. The molecule has 0 unspecified atom stereocenters. The molecule has 0 radical (unpaired) electrons. The Bertz CT molecular complexity index is 1260. The van der Waals surface area contributed by atoms with Crippen molar-refractivity contribution in [2.45, 2.75) is 22.9 Å². The van der Waals surface area contributed by atoms with E-state index in [0.29, 0.717) is 28.4 Å². The zero-order chi connectivity index (χ0) is 21.4. The Labute approximate surface area is 179 Å². The molecule has 0 fully saturated rings. The fraction of sp³-hybridized carbons (Fsp3) is 0.200. The lowest BCUT2D eigenvalue weighted by molar-refractivity contribution is 0.392. The van der Waals surface area contributed by atoms with Crippen molar-refractivity contribution in [1.82, 2.24) is 4.31 Å². The highest BCUT2D eigenvalue weighted by Crippen LogP contribution is 2.29. The number of nitrogens with zero attached hydrogens (tertiary/aromatic N) is 1. The molecule has 1 aliphatic heterocycles. The Hall–Kier alpha value is -2.27. The topological polar surface area (TPSA) is 83.6 Å². The van der Waals surface area contributed by atoms with Gasteiger partial charge < -0.3 is 0 Å². The standard InChI is InChI=1S/C20H19FN2O4S3/c21-18-6-3-15(4-7-18)14-29(24,25)22-19-8-5-16-9-10-23(13-17(16)12-19)30(26,27)20-2-1-11-28-20/h1-8,11-12,22H,9-10,13-14H2. The fourth-order valence-corrected chi connectivity index (χ4v) is 7.11. The maximum absolute atomic E-state index is 13.0. The Morgan fingerprint density at radius 3 is 2.47 bits per heavy atom. The van der Waals surface area contributed by atoms with E-state index in [4.69, 9.17) is 0 Å².